The van der Waals surface area contributed by atoms with E-state index in [1.807, 2.05) is 0 Å². The third-order valence-electron chi connectivity index (χ3n) is 2.81. The van der Waals surface area contributed by atoms with Gasteiger partial charge in [0, 0.05) is 20.5 Å². The predicted molar refractivity (Wildman–Crippen MR) is 69.8 cm³/mol. The first-order valence-corrected chi connectivity index (χ1v) is 6.11. The lowest BCUT2D eigenvalue weighted by molar-refractivity contribution is -0.0462. The lowest BCUT2D eigenvalue weighted by atomic mass is 10.2. The molecule has 20 heavy (non-hydrogen) atoms. The molecule has 2 rings (SSSR count). The van der Waals surface area contributed by atoms with E-state index < -0.39 is 24.1 Å². The van der Waals surface area contributed by atoms with Gasteiger partial charge >= 0.3 is 5.69 Å². The van der Waals surface area contributed by atoms with E-state index in [2.05, 4.69) is 15.0 Å². The number of aliphatic imine (C=N–C) groups is 1. The molecule has 0 aromatic carbocycles. The number of ether oxygens (including phenoxy) is 1. The van der Waals surface area contributed by atoms with Crippen LogP contribution in [0.3, 0.4) is 0 Å². The van der Waals surface area contributed by atoms with Crippen molar-refractivity contribution in [3.63, 3.8) is 0 Å². The van der Waals surface area contributed by atoms with Crippen molar-refractivity contribution in [2.75, 3.05) is 20.7 Å². The Hall–Kier alpha value is -1.84. The summed E-state index contributed by atoms with van der Waals surface area (Å²) in [5.41, 5.74) is -0.568. The van der Waals surface area contributed by atoms with E-state index in [0.717, 1.165) is 0 Å². The molecule has 0 aliphatic carbocycles. The molecular weight excluding hydrogens is 266 g/mol. The Kier molecular flexibility index (Phi) is 4.42. The number of aliphatic hydroxyl groups excluding tert-OH is 2. The maximum absolute atomic E-state index is 11.9. The molecule has 0 radical (unpaired) electrons. The van der Waals surface area contributed by atoms with Crippen molar-refractivity contribution < 1.29 is 14.9 Å². The zero-order valence-corrected chi connectivity index (χ0v) is 11.2. The maximum Gasteiger partial charge on any atom is 0.354 e. The Balaban J connectivity index is 2.17. The number of aliphatic hydroxyl groups is 2. The normalized spacial score (nSPS) is 26.3. The molecule has 1 aliphatic rings. The number of aromatic nitrogens is 3. The van der Waals surface area contributed by atoms with Crippen LogP contribution < -0.4 is 5.69 Å². The van der Waals surface area contributed by atoms with Crippen molar-refractivity contribution in [2.24, 2.45) is 4.99 Å². The molecule has 0 bridgehead atoms. The summed E-state index contributed by atoms with van der Waals surface area (Å²) in [6.07, 6.45) is 0.767. The van der Waals surface area contributed by atoms with Crippen LogP contribution in [0, 0.1) is 0 Å². The van der Waals surface area contributed by atoms with E-state index in [-0.39, 0.29) is 19.0 Å². The number of hydrogen-bond donors (Lipinski definition) is 2. The first-order valence-electron chi connectivity index (χ1n) is 6.11. The van der Waals surface area contributed by atoms with Crippen LogP contribution in [-0.2, 0) is 4.74 Å². The van der Waals surface area contributed by atoms with Gasteiger partial charge in [-0.3, -0.25) is 4.57 Å². The molecule has 2 heterocycles. The van der Waals surface area contributed by atoms with E-state index in [9.17, 15) is 9.90 Å². The van der Waals surface area contributed by atoms with Gasteiger partial charge in [0.25, 0.3) is 5.95 Å². The summed E-state index contributed by atoms with van der Waals surface area (Å²) in [4.78, 5) is 25.1. The Morgan fingerprint density at radius 3 is 2.95 bits per heavy atom. The topological polar surface area (TPSA) is 113 Å². The van der Waals surface area contributed by atoms with Crippen LogP contribution in [0.4, 0.5) is 5.95 Å². The first kappa shape index (κ1) is 14.6. The van der Waals surface area contributed by atoms with E-state index in [1.165, 1.54) is 17.2 Å². The molecule has 1 aliphatic heterocycles. The SMILES string of the molecule is CN(C)/C=N\c1ncn([C@H]2CC(O)[C@@H](CO)O2)c(=O)n1. The van der Waals surface area contributed by atoms with Crippen molar-refractivity contribution >= 4 is 12.3 Å². The van der Waals surface area contributed by atoms with E-state index in [0.29, 0.717) is 0 Å². The molecule has 0 spiro atoms. The Bertz CT molecular complexity index is 544. The van der Waals surface area contributed by atoms with Gasteiger partial charge in [0.1, 0.15) is 18.7 Å². The van der Waals surface area contributed by atoms with Crippen LogP contribution in [-0.4, -0.2) is 68.9 Å². The largest absolute Gasteiger partial charge is 0.394 e. The average Bonchev–Trinajstić information content (AvgIpc) is 2.77. The maximum atomic E-state index is 11.9. The zero-order valence-electron chi connectivity index (χ0n) is 11.2. The fourth-order valence-electron chi connectivity index (χ4n) is 1.81. The second-order valence-corrected chi connectivity index (χ2v) is 4.67. The second kappa shape index (κ2) is 6.07. The summed E-state index contributed by atoms with van der Waals surface area (Å²) in [5.74, 6) is 0.0530. The molecule has 9 nitrogen and oxygen atoms in total. The molecule has 2 N–H and O–H groups in total. The third kappa shape index (κ3) is 3.18. The molecule has 1 aromatic heterocycles. The molecule has 0 amide bonds. The van der Waals surface area contributed by atoms with Crippen molar-refractivity contribution in [3.8, 4) is 0 Å². The fraction of sp³-hybridized carbons (Fsp3) is 0.636. The van der Waals surface area contributed by atoms with Gasteiger partial charge in [-0.05, 0) is 0 Å². The van der Waals surface area contributed by atoms with Gasteiger partial charge in [0.05, 0.1) is 19.0 Å². The molecule has 1 saturated heterocycles. The minimum absolute atomic E-state index is 0.0530. The minimum atomic E-state index is -0.816. The monoisotopic (exact) mass is 283 g/mol. The Labute approximate surface area is 115 Å². The number of rotatable bonds is 4. The van der Waals surface area contributed by atoms with Gasteiger partial charge in [-0.1, -0.05) is 0 Å². The molecule has 3 atom stereocenters. The zero-order chi connectivity index (χ0) is 14.7. The van der Waals surface area contributed by atoms with Gasteiger partial charge < -0.3 is 19.8 Å². The summed E-state index contributed by atoms with van der Waals surface area (Å²) in [5, 5.41) is 18.7. The van der Waals surface area contributed by atoms with E-state index >= 15 is 0 Å². The van der Waals surface area contributed by atoms with Crippen molar-refractivity contribution in [1.82, 2.24) is 19.4 Å². The lowest BCUT2D eigenvalue weighted by Crippen LogP contribution is -2.28. The van der Waals surface area contributed by atoms with E-state index in [4.69, 9.17) is 9.84 Å². The summed E-state index contributed by atoms with van der Waals surface area (Å²) in [6, 6.07) is 0. The smallest absolute Gasteiger partial charge is 0.354 e. The fourth-order valence-corrected chi connectivity index (χ4v) is 1.81. The summed E-state index contributed by atoms with van der Waals surface area (Å²) >= 11 is 0. The van der Waals surface area contributed by atoms with Gasteiger partial charge in [0.2, 0.25) is 0 Å². The highest BCUT2D eigenvalue weighted by Gasteiger charge is 2.35. The number of nitrogens with zero attached hydrogens (tertiary/aromatic N) is 5. The minimum Gasteiger partial charge on any atom is -0.394 e. The van der Waals surface area contributed by atoms with Gasteiger partial charge in [-0.15, -0.1) is 0 Å². The predicted octanol–water partition coefficient (Wildman–Crippen LogP) is -1.50. The Morgan fingerprint density at radius 2 is 2.40 bits per heavy atom. The highest BCUT2D eigenvalue weighted by molar-refractivity contribution is 5.57. The highest BCUT2D eigenvalue weighted by atomic mass is 16.5. The molecule has 110 valence electrons. The molecule has 1 aromatic rings. The standard InChI is InChI=1S/C11H17N5O4/c1-15(2)5-12-10-13-6-16(11(19)14-10)9-3-7(18)8(4-17)20-9/h5-9,17-18H,3-4H2,1-2H3/b12-5-/t7?,8-,9-/m1/s1. The van der Waals surface area contributed by atoms with Crippen LogP contribution >= 0.6 is 0 Å². The second-order valence-electron chi connectivity index (χ2n) is 4.67. The molecule has 9 heteroatoms. The highest BCUT2D eigenvalue weighted by Crippen LogP contribution is 2.27. The Morgan fingerprint density at radius 1 is 1.65 bits per heavy atom. The molecule has 1 fully saturated rings. The van der Waals surface area contributed by atoms with Crippen LogP contribution in [0.1, 0.15) is 12.6 Å². The van der Waals surface area contributed by atoms with E-state index in [1.54, 1.807) is 19.0 Å². The molecular formula is C11H17N5O4. The van der Waals surface area contributed by atoms with Crippen LogP contribution in [0.25, 0.3) is 0 Å². The molecule has 1 unspecified atom stereocenters. The van der Waals surface area contributed by atoms with Crippen LogP contribution in [0.15, 0.2) is 16.1 Å². The van der Waals surface area contributed by atoms with Gasteiger partial charge in [-0.2, -0.15) is 4.98 Å². The quantitative estimate of drug-likeness (QED) is 0.510. The summed E-state index contributed by atoms with van der Waals surface area (Å²) in [7, 11) is 3.57. The van der Waals surface area contributed by atoms with Crippen molar-refractivity contribution in [2.45, 2.75) is 24.9 Å². The number of hydrogen-bond acceptors (Lipinski definition) is 7. The van der Waals surface area contributed by atoms with Gasteiger partial charge in [0.15, 0.2) is 0 Å². The summed E-state index contributed by atoms with van der Waals surface area (Å²) in [6.45, 7) is -0.307. The summed E-state index contributed by atoms with van der Waals surface area (Å²) < 4.78 is 6.54. The third-order valence-corrected chi connectivity index (χ3v) is 2.81. The lowest BCUT2D eigenvalue weighted by Gasteiger charge is -2.13. The van der Waals surface area contributed by atoms with Gasteiger partial charge in [-0.25, -0.2) is 14.8 Å². The van der Waals surface area contributed by atoms with Crippen molar-refractivity contribution in [3.05, 3.63) is 16.8 Å². The average molecular weight is 283 g/mol. The first-order chi connectivity index (χ1) is 9.51. The van der Waals surface area contributed by atoms with Crippen LogP contribution in [0.2, 0.25) is 0 Å². The molecule has 0 saturated carbocycles. The van der Waals surface area contributed by atoms with Crippen LogP contribution in [0.5, 0.6) is 0 Å². The van der Waals surface area contributed by atoms with Crippen molar-refractivity contribution in [1.29, 1.82) is 0 Å².